The van der Waals surface area contributed by atoms with Crippen molar-refractivity contribution in [1.82, 2.24) is 5.32 Å². The molecule has 2 aromatic rings. The van der Waals surface area contributed by atoms with Crippen LogP contribution in [0.5, 0.6) is 0 Å². The molecular weight excluding hydrogens is 262 g/mol. The standard InChI is InChI=1S/C10H15NO.C8H10O/c1-2-9(3-6-11-5-1)10-4-7-12-8-10;1-7-3-2-4-8(5-7)6-9/h4,7-9,11H,1-3,5-6H2;2-5,9H,6H2,1H3. The molecule has 0 spiro atoms. The number of aryl methyl sites for hydroxylation is 1. The van der Waals surface area contributed by atoms with Crippen LogP contribution in [0.15, 0.2) is 47.3 Å². The van der Waals surface area contributed by atoms with Gasteiger partial charge in [-0.2, -0.15) is 0 Å². The molecule has 1 fully saturated rings. The zero-order chi connectivity index (χ0) is 14.9. The smallest absolute Gasteiger partial charge is 0.0937 e. The quantitative estimate of drug-likeness (QED) is 0.886. The summed E-state index contributed by atoms with van der Waals surface area (Å²) in [6.07, 6.45) is 7.49. The van der Waals surface area contributed by atoms with Gasteiger partial charge < -0.3 is 14.8 Å². The molecule has 3 rings (SSSR count). The zero-order valence-electron chi connectivity index (χ0n) is 12.7. The third-order valence-electron chi connectivity index (χ3n) is 3.86. The van der Waals surface area contributed by atoms with Gasteiger partial charge in [-0.25, -0.2) is 0 Å². The first kappa shape index (κ1) is 15.8. The fourth-order valence-electron chi connectivity index (χ4n) is 2.67. The lowest BCUT2D eigenvalue weighted by molar-refractivity contribution is 0.282. The van der Waals surface area contributed by atoms with Crippen molar-refractivity contribution in [2.75, 3.05) is 13.1 Å². The van der Waals surface area contributed by atoms with Crippen LogP contribution >= 0.6 is 0 Å². The first-order valence-corrected chi connectivity index (χ1v) is 7.69. The molecule has 0 bridgehead atoms. The van der Waals surface area contributed by atoms with E-state index in [1.54, 1.807) is 6.26 Å². The Kier molecular flexibility index (Phi) is 6.51. The molecule has 1 atom stereocenters. The molecule has 2 N–H and O–H groups in total. The van der Waals surface area contributed by atoms with Crippen LogP contribution in [0, 0.1) is 6.92 Å². The SMILES string of the molecule is Cc1cccc(CO)c1.c1cc(C2CCCNCC2)co1. The number of rotatable bonds is 2. The number of aliphatic hydroxyl groups excluding tert-OH is 1. The maximum Gasteiger partial charge on any atom is 0.0937 e. The van der Waals surface area contributed by atoms with Gasteiger partial charge in [-0.05, 0) is 62.4 Å². The van der Waals surface area contributed by atoms with E-state index in [4.69, 9.17) is 9.52 Å². The number of hydrogen-bond acceptors (Lipinski definition) is 3. The van der Waals surface area contributed by atoms with Crippen molar-refractivity contribution in [3.63, 3.8) is 0 Å². The molecule has 1 unspecified atom stereocenters. The highest BCUT2D eigenvalue weighted by Crippen LogP contribution is 2.25. The summed E-state index contributed by atoms with van der Waals surface area (Å²) in [5.41, 5.74) is 3.55. The van der Waals surface area contributed by atoms with Gasteiger partial charge in [-0.15, -0.1) is 0 Å². The van der Waals surface area contributed by atoms with Crippen molar-refractivity contribution >= 4 is 0 Å². The summed E-state index contributed by atoms with van der Waals surface area (Å²) in [4.78, 5) is 0. The molecule has 1 aromatic carbocycles. The van der Waals surface area contributed by atoms with Crippen LogP contribution in [0.4, 0.5) is 0 Å². The lowest BCUT2D eigenvalue weighted by atomic mass is 9.94. The molecule has 0 saturated carbocycles. The Labute approximate surface area is 127 Å². The first-order chi connectivity index (χ1) is 10.3. The highest BCUT2D eigenvalue weighted by molar-refractivity contribution is 5.21. The molecule has 0 aliphatic carbocycles. The fraction of sp³-hybridized carbons (Fsp3) is 0.444. The van der Waals surface area contributed by atoms with Crippen molar-refractivity contribution in [3.05, 3.63) is 59.5 Å². The second-order valence-corrected chi connectivity index (χ2v) is 5.58. The molecule has 1 aliphatic heterocycles. The molecular formula is C18H25NO2. The maximum atomic E-state index is 8.66. The van der Waals surface area contributed by atoms with E-state index in [-0.39, 0.29) is 6.61 Å². The highest BCUT2D eigenvalue weighted by Gasteiger charge is 2.14. The molecule has 1 aromatic heterocycles. The van der Waals surface area contributed by atoms with Gasteiger partial charge in [0.2, 0.25) is 0 Å². The van der Waals surface area contributed by atoms with Gasteiger partial charge in [0.05, 0.1) is 19.1 Å². The Bertz CT molecular complexity index is 500. The summed E-state index contributed by atoms with van der Waals surface area (Å²) in [6.45, 7) is 4.48. The van der Waals surface area contributed by atoms with E-state index >= 15 is 0 Å². The Morgan fingerprint density at radius 3 is 2.81 bits per heavy atom. The van der Waals surface area contributed by atoms with E-state index in [1.807, 2.05) is 37.5 Å². The van der Waals surface area contributed by atoms with Crippen molar-refractivity contribution in [2.24, 2.45) is 0 Å². The molecule has 1 aliphatic rings. The number of nitrogens with one attached hydrogen (secondary N) is 1. The van der Waals surface area contributed by atoms with Gasteiger partial charge in [0.1, 0.15) is 0 Å². The third-order valence-corrected chi connectivity index (χ3v) is 3.86. The number of benzene rings is 1. The summed E-state index contributed by atoms with van der Waals surface area (Å²) >= 11 is 0. The minimum atomic E-state index is 0.141. The largest absolute Gasteiger partial charge is 0.472 e. The molecule has 114 valence electrons. The summed E-state index contributed by atoms with van der Waals surface area (Å²) in [5, 5.41) is 12.1. The lowest BCUT2D eigenvalue weighted by Crippen LogP contribution is -2.13. The molecule has 21 heavy (non-hydrogen) atoms. The van der Waals surface area contributed by atoms with Gasteiger partial charge >= 0.3 is 0 Å². The Morgan fingerprint density at radius 2 is 2.14 bits per heavy atom. The Morgan fingerprint density at radius 1 is 1.24 bits per heavy atom. The Balaban J connectivity index is 0.000000161. The van der Waals surface area contributed by atoms with Crippen LogP contribution in [-0.2, 0) is 6.61 Å². The number of furan rings is 1. The molecule has 2 heterocycles. The first-order valence-electron chi connectivity index (χ1n) is 7.69. The van der Waals surface area contributed by atoms with Crippen LogP contribution < -0.4 is 5.32 Å². The second-order valence-electron chi connectivity index (χ2n) is 5.58. The van der Waals surface area contributed by atoms with Crippen LogP contribution in [0.3, 0.4) is 0 Å². The average Bonchev–Trinajstić information content (AvgIpc) is 2.91. The topological polar surface area (TPSA) is 45.4 Å². The van der Waals surface area contributed by atoms with Crippen molar-refractivity contribution in [2.45, 2.75) is 38.7 Å². The minimum absolute atomic E-state index is 0.141. The lowest BCUT2D eigenvalue weighted by Gasteiger charge is -2.09. The summed E-state index contributed by atoms with van der Waals surface area (Å²) in [6, 6.07) is 9.93. The second kappa shape index (κ2) is 8.65. The molecule has 1 saturated heterocycles. The van der Waals surface area contributed by atoms with Gasteiger partial charge in [0, 0.05) is 0 Å². The van der Waals surface area contributed by atoms with Gasteiger partial charge in [0.25, 0.3) is 0 Å². The van der Waals surface area contributed by atoms with Crippen LogP contribution in [0.2, 0.25) is 0 Å². The van der Waals surface area contributed by atoms with Gasteiger partial charge in [0.15, 0.2) is 0 Å². The van der Waals surface area contributed by atoms with E-state index in [2.05, 4.69) is 11.4 Å². The van der Waals surface area contributed by atoms with E-state index in [1.165, 1.54) is 36.9 Å². The molecule has 3 heteroatoms. The van der Waals surface area contributed by atoms with Gasteiger partial charge in [-0.3, -0.25) is 0 Å². The predicted octanol–water partition coefficient (Wildman–Crippen LogP) is 3.62. The van der Waals surface area contributed by atoms with E-state index in [0.717, 1.165) is 18.0 Å². The van der Waals surface area contributed by atoms with Crippen molar-refractivity contribution in [1.29, 1.82) is 0 Å². The van der Waals surface area contributed by atoms with Crippen LogP contribution in [-0.4, -0.2) is 18.2 Å². The minimum Gasteiger partial charge on any atom is -0.472 e. The fourth-order valence-corrected chi connectivity index (χ4v) is 2.67. The predicted molar refractivity (Wildman–Crippen MR) is 85.3 cm³/mol. The van der Waals surface area contributed by atoms with Crippen molar-refractivity contribution < 1.29 is 9.52 Å². The monoisotopic (exact) mass is 287 g/mol. The number of hydrogen-bond donors (Lipinski definition) is 2. The molecule has 0 radical (unpaired) electrons. The van der Waals surface area contributed by atoms with Crippen molar-refractivity contribution in [3.8, 4) is 0 Å². The van der Waals surface area contributed by atoms with Gasteiger partial charge in [-0.1, -0.05) is 29.8 Å². The maximum absolute atomic E-state index is 8.66. The van der Waals surface area contributed by atoms with E-state index in [0.29, 0.717) is 0 Å². The average molecular weight is 287 g/mol. The Hall–Kier alpha value is -1.58. The summed E-state index contributed by atoms with van der Waals surface area (Å²) in [7, 11) is 0. The summed E-state index contributed by atoms with van der Waals surface area (Å²) < 4.78 is 5.09. The van der Waals surface area contributed by atoms with Crippen LogP contribution in [0.1, 0.15) is 41.9 Å². The third kappa shape index (κ3) is 5.37. The number of aliphatic hydroxyl groups is 1. The van der Waals surface area contributed by atoms with Crippen LogP contribution in [0.25, 0.3) is 0 Å². The highest BCUT2D eigenvalue weighted by atomic mass is 16.3. The normalized spacial score (nSPS) is 18.5. The van der Waals surface area contributed by atoms with E-state index in [9.17, 15) is 0 Å². The van der Waals surface area contributed by atoms with E-state index < -0.39 is 0 Å². The molecule has 0 amide bonds. The molecule has 3 nitrogen and oxygen atoms in total. The zero-order valence-corrected chi connectivity index (χ0v) is 12.7. The summed E-state index contributed by atoms with van der Waals surface area (Å²) in [5.74, 6) is 0.721.